The van der Waals surface area contributed by atoms with Gasteiger partial charge < -0.3 is 24.2 Å². The first-order valence-corrected chi connectivity index (χ1v) is 15.3. The second-order valence-electron chi connectivity index (χ2n) is 10.8. The Morgan fingerprint density at radius 3 is 2.40 bits per heavy atom. The number of carbonyl (C=O) groups is 3. The molecule has 0 aliphatic carbocycles. The number of nitrogens with zero attached hydrogens (tertiary/aromatic N) is 4. The third-order valence-corrected chi connectivity index (χ3v) is 8.23. The first-order chi connectivity index (χ1) is 20.9. The molecule has 10 nitrogen and oxygen atoms in total. The Hall–Kier alpha value is -3.89. The van der Waals surface area contributed by atoms with E-state index in [1.165, 1.54) is 0 Å². The lowest BCUT2D eigenvalue weighted by molar-refractivity contribution is -0.134. The molecule has 0 aromatic heterocycles. The number of carbonyl (C=O) groups excluding carboxylic acids is 3. The quantitative estimate of drug-likeness (QED) is 0.240. The predicted molar refractivity (Wildman–Crippen MR) is 167 cm³/mol. The van der Waals surface area contributed by atoms with E-state index in [0.29, 0.717) is 32.0 Å². The van der Waals surface area contributed by atoms with E-state index in [9.17, 15) is 14.4 Å². The molecule has 3 heterocycles. The highest BCUT2D eigenvalue weighted by atomic mass is 35.5. The van der Waals surface area contributed by atoms with Gasteiger partial charge in [-0.2, -0.15) is 5.10 Å². The molecule has 5 rings (SSSR count). The van der Waals surface area contributed by atoms with Crippen LogP contribution in [0.4, 0.5) is 17.1 Å². The molecule has 0 bridgehead atoms. The molecule has 2 amide bonds. The number of hydrogen-bond acceptors (Lipinski definition) is 8. The van der Waals surface area contributed by atoms with Gasteiger partial charge in [-0.1, -0.05) is 29.8 Å². The summed E-state index contributed by atoms with van der Waals surface area (Å²) in [6, 6.07) is 15.5. The maximum Gasteiger partial charge on any atom is 0.370 e. The summed E-state index contributed by atoms with van der Waals surface area (Å²) >= 11 is 5.83. The molecule has 1 unspecified atom stereocenters. The van der Waals surface area contributed by atoms with Crippen molar-refractivity contribution in [2.45, 2.75) is 39.0 Å². The van der Waals surface area contributed by atoms with Crippen LogP contribution in [0, 0.1) is 5.92 Å². The predicted octanol–water partition coefficient (Wildman–Crippen LogP) is 4.54. The lowest BCUT2D eigenvalue weighted by Gasteiger charge is -2.36. The van der Waals surface area contributed by atoms with Crippen molar-refractivity contribution in [1.82, 2.24) is 4.90 Å². The van der Waals surface area contributed by atoms with Crippen molar-refractivity contribution in [3.8, 4) is 0 Å². The third-order valence-electron chi connectivity index (χ3n) is 7.99. The van der Waals surface area contributed by atoms with E-state index in [-0.39, 0.29) is 29.5 Å². The van der Waals surface area contributed by atoms with Gasteiger partial charge in [0.1, 0.15) is 0 Å². The van der Waals surface area contributed by atoms with E-state index >= 15 is 0 Å². The number of hydrogen-bond donors (Lipinski definition) is 1. The van der Waals surface area contributed by atoms with E-state index in [2.05, 4.69) is 15.4 Å². The summed E-state index contributed by atoms with van der Waals surface area (Å²) in [5, 5.41) is 3.58. The second kappa shape index (κ2) is 14.5. The fourth-order valence-electron chi connectivity index (χ4n) is 5.70. The van der Waals surface area contributed by atoms with Gasteiger partial charge >= 0.3 is 5.97 Å². The third kappa shape index (κ3) is 7.55. The topological polar surface area (TPSA) is 104 Å². The van der Waals surface area contributed by atoms with Gasteiger partial charge in [-0.25, -0.2) is 4.79 Å². The highest BCUT2D eigenvalue weighted by molar-refractivity contribution is 6.82. The van der Waals surface area contributed by atoms with Crippen molar-refractivity contribution in [3.63, 3.8) is 0 Å². The largest absolute Gasteiger partial charge is 0.461 e. The first kappa shape index (κ1) is 30.6. The van der Waals surface area contributed by atoms with Crippen LogP contribution in [0.3, 0.4) is 0 Å². The number of piperidine rings is 1. The van der Waals surface area contributed by atoms with Crippen LogP contribution in [0.2, 0.25) is 0 Å². The Bertz CT molecular complexity index is 1360. The number of halogens is 1. The summed E-state index contributed by atoms with van der Waals surface area (Å²) in [7, 11) is 0. The monoisotopic (exact) mass is 607 g/mol. The van der Waals surface area contributed by atoms with Crippen LogP contribution in [-0.4, -0.2) is 73.9 Å². The molecule has 2 aromatic rings. The lowest BCUT2D eigenvalue weighted by atomic mass is 9.90. The van der Waals surface area contributed by atoms with Crippen molar-refractivity contribution in [2.75, 3.05) is 61.2 Å². The minimum Gasteiger partial charge on any atom is -0.461 e. The van der Waals surface area contributed by atoms with Gasteiger partial charge in [0.15, 0.2) is 0 Å². The van der Waals surface area contributed by atoms with Crippen LogP contribution in [0.15, 0.2) is 65.4 Å². The fourth-order valence-corrected chi connectivity index (χ4v) is 5.79. The number of rotatable bonds is 10. The molecule has 0 radical (unpaired) electrons. The van der Waals surface area contributed by atoms with E-state index in [4.69, 9.17) is 21.1 Å². The zero-order chi connectivity index (χ0) is 30.2. The zero-order valence-electron chi connectivity index (χ0n) is 24.5. The molecule has 228 valence electrons. The van der Waals surface area contributed by atoms with Crippen molar-refractivity contribution in [1.29, 1.82) is 0 Å². The Balaban J connectivity index is 1.15. The van der Waals surface area contributed by atoms with Gasteiger partial charge in [0, 0.05) is 43.5 Å². The van der Waals surface area contributed by atoms with Gasteiger partial charge in [-0.3, -0.25) is 15.0 Å². The summed E-state index contributed by atoms with van der Waals surface area (Å²) in [6.07, 6.45) is 6.18. The number of hydrazone groups is 1. The molecule has 2 saturated heterocycles. The standard InChI is InChI=1S/C32H38ClN5O5/c1-2-43-32(41)29(33)35-34-25-11-8-23(9-12-25)7-10-24-5-3-17-37(30(24)39)26-13-15-27(16-14-26)38-18-4-6-28(31(38)40)36-19-21-42-22-20-36/h6,8-9,11-16,24,34H,2-5,7,10,17-22H2,1H3/b35-29-. The van der Waals surface area contributed by atoms with E-state index in [1.807, 2.05) is 64.4 Å². The van der Waals surface area contributed by atoms with Gasteiger partial charge in [0.25, 0.3) is 5.91 Å². The summed E-state index contributed by atoms with van der Waals surface area (Å²) in [4.78, 5) is 44.2. The van der Waals surface area contributed by atoms with Crippen molar-refractivity contribution < 1.29 is 23.9 Å². The van der Waals surface area contributed by atoms with Crippen LogP contribution in [0.25, 0.3) is 0 Å². The summed E-state index contributed by atoms with van der Waals surface area (Å²) in [5.74, 6) is -0.564. The van der Waals surface area contributed by atoms with Crippen molar-refractivity contribution in [2.24, 2.45) is 11.0 Å². The van der Waals surface area contributed by atoms with Gasteiger partial charge in [-0.05, 0) is 81.0 Å². The van der Waals surface area contributed by atoms with Gasteiger partial charge in [-0.15, -0.1) is 0 Å². The smallest absolute Gasteiger partial charge is 0.370 e. The molecule has 1 atom stereocenters. The van der Waals surface area contributed by atoms with Crippen molar-refractivity contribution >= 4 is 51.6 Å². The molecule has 0 saturated carbocycles. The van der Waals surface area contributed by atoms with E-state index in [1.54, 1.807) is 6.92 Å². The molecule has 2 fully saturated rings. The summed E-state index contributed by atoms with van der Waals surface area (Å²) < 4.78 is 10.3. The average molecular weight is 608 g/mol. The summed E-state index contributed by atoms with van der Waals surface area (Å²) in [6.45, 7) is 5.99. The van der Waals surface area contributed by atoms with Crippen LogP contribution in [-0.2, 0) is 30.3 Å². The molecule has 3 aliphatic heterocycles. The van der Waals surface area contributed by atoms with Crippen molar-refractivity contribution in [3.05, 3.63) is 65.9 Å². The van der Waals surface area contributed by atoms with Gasteiger partial charge in [0.05, 0.1) is 31.2 Å². The van der Waals surface area contributed by atoms with Crippen LogP contribution in [0.5, 0.6) is 0 Å². The lowest BCUT2D eigenvalue weighted by Crippen LogP contribution is -2.45. The Morgan fingerprint density at radius 2 is 1.70 bits per heavy atom. The number of anilines is 3. The number of nitrogens with one attached hydrogen (secondary N) is 1. The van der Waals surface area contributed by atoms with E-state index < -0.39 is 5.97 Å². The number of benzene rings is 2. The molecule has 11 heteroatoms. The molecule has 43 heavy (non-hydrogen) atoms. The van der Waals surface area contributed by atoms with E-state index in [0.717, 1.165) is 67.8 Å². The highest BCUT2D eigenvalue weighted by Crippen LogP contribution is 2.30. The minimum absolute atomic E-state index is 0.0204. The fraction of sp³-hybridized carbons (Fsp3) is 0.438. The van der Waals surface area contributed by atoms with Crippen LogP contribution in [0.1, 0.15) is 38.2 Å². The van der Waals surface area contributed by atoms with Crippen LogP contribution >= 0.6 is 11.6 Å². The Kier molecular flexibility index (Phi) is 10.3. The summed E-state index contributed by atoms with van der Waals surface area (Å²) in [5.41, 5.74) is 7.02. The maximum absolute atomic E-state index is 13.5. The zero-order valence-corrected chi connectivity index (χ0v) is 25.2. The number of ether oxygens (including phenoxy) is 2. The van der Waals surface area contributed by atoms with Crippen LogP contribution < -0.4 is 15.2 Å². The molecule has 3 aliphatic rings. The Labute approximate surface area is 257 Å². The first-order valence-electron chi connectivity index (χ1n) is 15.0. The number of morpholine rings is 1. The second-order valence-corrected chi connectivity index (χ2v) is 11.1. The Morgan fingerprint density at radius 1 is 1.00 bits per heavy atom. The maximum atomic E-state index is 13.5. The molecule has 1 N–H and O–H groups in total. The molecular weight excluding hydrogens is 570 g/mol. The average Bonchev–Trinajstić information content (AvgIpc) is 3.04. The molecule has 2 aromatic carbocycles. The van der Waals surface area contributed by atoms with Gasteiger partial charge in [0.2, 0.25) is 11.1 Å². The highest BCUT2D eigenvalue weighted by Gasteiger charge is 2.31. The number of amides is 2. The number of aryl methyl sites for hydroxylation is 1. The minimum atomic E-state index is -0.678. The molecule has 0 spiro atoms. The SMILES string of the molecule is CCOC(=O)/C(Cl)=N/Nc1ccc(CCC2CCCN(c3ccc(N4CCC=C(N5CCOCC5)C4=O)cc3)C2=O)cc1. The normalized spacial score (nSPS) is 19.8. The molecular formula is C32H38ClN5O5. The number of esters is 1.